The minimum Gasteiger partial charge on any atom is -0.382 e. The van der Waals surface area contributed by atoms with E-state index in [4.69, 9.17) is 5.73 Å². The number of rotatable bonds is 4. The molecule has 0 aliphatic carbocycles. The van der Waals surface area contributed by atoms with Gasteiger partial charge in [0.1, 0.15) is 29.4 Å². The van der Waals surface area contributed by atoms with Crippen molar-refractivity contribution in [3.8, 4) is 0 Å². The second-order valence-corrected chi connectivity index (χ2v) is 5.58. The van der Waals surface area contributed by atoms with Crippen LogP contribution in [0.5, 0.6) is 0 Å². The van der Waals surface area contributed by atoms with Crippen LogP contribution >= 0.6 is 11.8 Å². The number of hydrogen-bond donors (Lipinski definition) is 1. The molecule has 1 heterocycles. The van der Waals surface area contributed by atoms with E-state index in [2.05, 4.69) is 15.0 Å². The lowest BCUT2D eigenvalue weighted by Gasteiger charge is -2.10. The van der Waals surface area contributed by atoms with Gasteiger partial charge >= 0.3 is 6.18 Å². The van der Waals surface area contributed by atoms with Gasteiger partial charge in [-0.3, -0.25) is 0 Å². The van der Waals surface area contributed by atoms with Gasteiger partial charge in [-0.25, -0.2) is 19.4 Å². The number of aryl methyl sites for hydroxylation is 1. The van der Waals surface area contributed by atoms with Crippen LogP contribution in [0.15, 0.2) is 40.6 Å². The van der Waals surface area contributed by atoms with E-state index in [1.165, 1.54) is 31.6 Å². The number of benzene rings is 1. The van der Waals surface area contributed by atoms with E-state index in [9.17, 15) is 17.6 Å². The van der Waals surface area contributed by atoms with Crippen LogP contribution < -0.4 is 5.73 Å². The summed E-state index contributed by atoms with van der Waals surface area (Å²) in [6.07, 6.45) is -1.61. The third-order valence-electron chi connectivity index (χ3n) is 2.72. The summed E-state index contributed by atoms with van der Waals surface area (Å²) in [6, 6.07) is 3.87. The first-order valence-corrected chi connectivity index (χ1v) is 7.35. The number of nitrogens with zero attached hydrogens (tertiary/aromatic N) is 3. The Kier molecular flexibility index (Phi) is 5.19. The van der Waals surface area contributed by atoms with Gasteiger partial charge in [-0.1, -0.05) is 0 Å². The van der Waals surface area contributed by atoms with Gasteiger partial charge in [-0.15, -0.1) is 11.8 Å². The minimum atomic E-state index is -4.31. The van der Waals surface area contributed by atoms with E-state index >= 15 is 0 Å². The quantitative estimate of drug-likeness (QED) is 0.398. The number of aliphatic imine (C=N–C) groups is 1. The second kappa shape index (κ2) is 6.95. The van der Waals surface area contributed by atoms with Crippen molar-refractivity contribution in [2.45, 2.75) is 18.0 Å². The predicted molar refractivity (Wildman–Crippen MR) is 80.3 cm³/mol. The third-order valence-corrected chi connectivity index (χ3v) is 3.94. The lowest BCUT2D eigenvalue weighted by molar-refractivity contribution is -0.105. The molecule has 2 rings (SSSR count). The summed E-state index contributed by atoms with van der Waals surface area (Å²) in [6.45, 7) is 1.53. The number of hydrogen-bond acceptors (Lipinski definition) is 4. The van der Waals surface area contributed by atoms with Gasteiger partial charge < -0.3 is 5.73 Å². The summed E-state index contributed by atoms with van der Waals surface area (Å²) in [5.74, 6) is -1.79. The molecule has 0 fully saturated rings. The van der Waals surface area contributed by atoms with Gasteiger partial charge in [0.05, 0.1) is 5.75 Å². The zero-order valence-electron chi connectivity index (χ0n) is 11.9. The van der Waals surface area contributed by atoms with Crippen LogP contribution in [-0.2, 0) is 0 Å². The normalized spacial score (nSPS) is 12.5. The maximum absolute atomic E-state index is 14.0. The molecular weight excluding hydrogens is 332 g/mol. The molecule has 0 unspecified atom stereocenters. The molecule has 0 saturated carbocycles. The predicted octanol–water partition coefficient (Wildman–Crippen LogP) is 3.62. The Hall–Kier alpha value is -2.16. The first-order valence-electron chi connectivity index (χ1n) is 6.36. The maximum atomic E-state index is 14.0. The number of amidine groups is 1. The average molecular weight is 344 g/mol. The molecule has 1 aromatic heterocycles. The molecule has 0 aliphatic rings. The molecule has 0 amide bonds. The molecule has 0 radical (unpaired) electrons. The zero-order chi connectivity index (χ0) is 17.0. The number of alkyl halides is 3. The molecule has 2 aromatic rings. The van der Waals surface area contributed by atoms with Crippen LogP contribution in [0.1, 0.15) is 11.3 Å². The van der Waals surface area contributed by atoms with Crippen molar-refractivity contribution in [1.29, 1.82) is 0 Å². The highest BCUT2D eigenvalue weighted by molar-refractivity contribution is 7.99. The molecule has 4 nitrogen and oxygen atoms in total. The van der Waals surface area contributed by atoms with Gasteiger partial charge in [-0.2, -0.15) is 13.2 Å². The monoisotopic (exact) mass is 344 g/mol. The number of thioether (sulfide) groups is 1. The highest BCUT2D eigenvalue weighted by atomic mass is 32.2. The molecule has 0 aliphatic heterocycles. The fourth-order valence-corrected chi connectivity index (χ4v) is 2.47. The van der Waals surface area contributed by atoms with Gasteiger partial charge in [0.2, 0.25) is 0 Å². The molecule has 23 heavy (non-hydrogen) atoms. The lowest BCUT2D eigenvalue weighted by Crippen LogP contribution is -2.14. The Morgan fingerprint density at radius 3 is 2.70 bits per heavy atom. The Labute approximate surface area is 133 Å². The number of halogens is 4. The Morgan fingerprint density at radius 2 is 2.09 bits per heavy atom. The Bertz CT molecular complexity index is 717. The van der Waals surface area contributed by atoms with Crippen LogP contribution in [0.25, 0.3) is 0 Å². The van der Waals surface area contributed by atoms with Gasteiger partial charge in [0, 0.05) is 11.1 Å². The third kappa shape index (κ3) is 4.92. The summed E-state index contributed by atoms with van der Waals surface area (Å²) in [5.41, 5.74) is 6.29. The van der Waals surface area contributed by atoms with Crippen molar-refractivity contribution in [1.82, 2.24) is 9.97 Å². The smallest absolute Gasteiger partial charge is 0.382 e. The number of aromatic nitrogens is 2. The SMILES string of the molecule is Cc1cc(F)c(/N=C(\N)c2ccncn2)cc1SCC(F)(F)F. The van der Waals surface area contributed by atoms with Gasteiger partial charge in [0.15, 0.2) is 0 Å². The molecule has 9 heteroatoms. The van der Waals surface area contributed by atoms with E-state index < -0.39 is 17.7 Å². The molecule has 0 spiro atoms. The highest BCUT2D eigenvalue weighted by Gasteiger charge is 2.27. The summed E-state index contributed by atoms with van der Waals surface area (Å²) in [7, 11) is 0. The molecule has 0 atom stereocenters. The standard InChI is InChI=1S/C14H12F4N4S/c1-8-4-9(15)11(5-12(8)23-6-14(16,17)18)22-13(19)10-2-3-20-7-21-10/h2-5,7H,6H2,1H3,(H2,19,22). The van der Waals surface area contributed by atoms with Gasteiger partial charge in [0.25, 0.3) is 0 Å². The van der Waals surface area contributed by atoms with E-state index in [0.29, 0.717) is 23.0 Å². The Morgan fingerprint density at radius 1 is 1.35 bits per heavy atom. The first-order chi connectivity index (χ1) is 10.8. The van der Waals surface area contributed by atoms with Gasteiger partial charge in [-0.05, 0) is 30.7 Å². The molecule has 122 valence electrons. The Balaban J connectivity index is 2.32. The van der Waals surface area contributed by atoms with Crippen molar-refractivity contribution >= 4 is 23.3 Å². The second-order valence-electron chi connectivity index (χ2n) is 4.56. The average Bonchev–Trinajstić information content (AvgIpc) is 2.48. The van der Waals surface area contributed by atoms with Crippen molar-refractivity contribution in [3.63, 3.8) is 0 Å². The highest BCUT2D eigenvalue weighted by Crippen LogP contribution is 2.33. The van der Waals surface area contributed by atoms with Crippen LogP contribution in [-0.4, -0.2) is 27.7 Å². The van der Waals surface area contributed by atoms with Crippen molar-refractivity contribution in [2.24, 2.45) is 10.7 Å². The van der Waals surface area contributed by atoms with E-state index in [-0.39, 0.29) is 16.4 Å². The summed E-state index contributed by atoms with van der Waals surface area (Å²) >= 11 is 0.572. The summed E-state index contributed by atoms with van der Waals surface area (Å²) in [4.78, 5) is 11.8. The molecule has 0 saturated heterocycles. The van der Waals surface area contributed by atoms with Crippen LogP contribution in [0.2, 0.25) is 0 Å². The molecule has 1 aromatic carbocycles. The molecular formula is C14H12F4N4S. The van der Waals surface area contributed by atoms with Crippen molar-refractivity contribution in [3.05, 3.63) is 47.8 Å². The van der Waals surface area contributed by atoms with Crippen LogP contribution in [0.4, 0.5) is 23.2 Å². The van der Waals surface area contributed by atoms with Crippen LogP contribution in [0, 0.1) is 12.7 Å². The molecule has 2 N–H and O–H groups in total. The topological polar surface area (TPSA) is 64.2 Å². The summed E-state index contributed by atoms with van der Waals surface area (Å²) in [5, 5.41) is 0. The van der Waals surface area contributed by atoms with Crippen LogP contribution in [0.3, 0.4) is 0 Å². The zero-order valence-corrected chi connectivity index (χ0v) is 12.7. The van der Waals surface area contributed by atoms with Crippen molar-refractivity contribution < 1.29 is 17.6 Å². The lowest BCUT2D eigenvalue weighted by atomic mass is 10.2. The van der Waals surface area contributed by atoms with Crippen molar-refractivity contribution in [2.75, 3.05) is 5.75 Å². The maximum Gasteiger partial charge on any atom is 0.398 e. The van der Waals surface area contributed by atoms with E-state index in [0.717, 1.165) is 6.07 Å². The minimum absolute atomic E-state index is 0.0538. The van der Waals surface area contributed by atoms with E-state index in [1.807, 2.05) is 0 Å². The number of nitrogens with two attached hydrogens (primary N) is 1. The fourth-order valence-electron chi connectivity index (χ4n) is 1.67. The first kappa shape index (κ1) is 17.2. The fraction of sp³-hybridized carbons (Fsp3) is 0.214. The van der Waals surface area contributed by atoms with E-state index in [1.54, 1.807) is 0 Å². The molecule has 0 bridgehead atoms. The largest absolute Gasteiger partial charge is 0.398 e. The summed E-state index contributed by atoms with van der Waals surface area (Å²) < 4.78 is 50.9.